The van der Waals surface area contributed by atoms with E-state index in [1.54, 1.807) is 13.0 Å². The summed E-state index contributed by atoms with van der Waals surface area (Å²) in [5.41, 5.74) is 8.20. The van der Waals surface area contributed by atoms with Crippen molar-refractivity contribution in [1.29, 1.82) is 0 Å². The van der Waals surface area contributed by atoms with E-state index in [2.05, 4.69) is 0 Å². The molecule has 1 aromatic heterocycles. The number of carbonyl (C=O) groups excluding carboxylic acids is 1. The Labute approximate surface area is 121 Å². The number of amides is 1. The van der Waals surface area contributed by atoms with Crippen molar-refractivity contribution in [2.75, 3.05) is 0 Å². The molecule has 0 aliphatic heterocycles. The van der Waals surface area contributed by atoms with Gasteiger partial charge >= 0.3 is 6.18 Å². The summed E-state index contributed by atoms with van der Waals surface area (Å²) in [6.07, 6.45) is -0.282. The van der Waals surface area contributed by atoms with Gasteiger partial charge in [0.1, 0.15) is 0 Å². The van der Waals surface area contributed by atoms with Crippen LogP contribution in [0.1, 0.15) is 41.5 Å². The molecule has 0 fully saturated rings. The summed E-state index contributed by atoms with van der Waals surface area (Å²) in [6.45, 7) is 5.48. The van der Waals surface area contributed by atoms with E-state index in [4.69, 9.17) is 5.73 Å². The predicted molar refractivity (Wildman–Crippen MR) is 76.8 cm³/mol. The number of alkyl halides is 3. The van der Waals surface area contributed by atoms with Gasteiger partial charge in [0, 0.05) is 23.2 Å². The number of nitrogens with two attached hydrogens (primary N) is 1. The summed E-state index contributed by atoms with van der Waals surface area (Å²) >= 11 is 0. The molecule has 0 bridgehead atoms. The van der Waals surface area contributed by atoms with E-state index in [0.29, 0.717) is 18.4 Å². The average molecular weight is 300 g/mol. The molecule has 2 N–H and O–H groups in total. The molecule has 21 heavy (non-hydrogen) atoms. The summed E-state index contributed by atoms with van der Waals surface area (Å²) in [7, 11) is 0. The van der Waals surface area contributed by atoms with Crippen molar-refractivity contribution in [3.63, 3.8) is 0 Å². The first-order chi connectivity index (χ1) is 9.63. The third-order valence-corrected chi connectivity index (χ3v) is 3.13. The first-order valence-electron chi connectivity index (χ1n) is 6.54. The molecule has 0 aliphatic carbocycles. The Morgan fingerprint density at radius 2 is 1.95 bits per heavy atom. The number of halogens is 3. The van der Waals surface area contributed by atoms with Crippen molar-refractivity contribution in [1.82, 2.24) is 4.57 Å². The van der Waals surface area contributed by atoms with Gasteiger partial charge in [-0.3, -0.25) is 4.79 Å². The SMILES string of the molecule is C/C(=C\CC/C=C/C(F)(F)F)n1c(C)cc(C(N)=O)c1C. The van der Waals surface area contributed by atoms with E-state index in [1.807, 2.05) is 24.5 Å². The molecule has 0 atom stereocenters. The third-order valence-electron chi connectivity index (χ3n) is 3.13. The molecule has 1 aromatic rings. The van der Waals surface area contributed by atoms with Crippen LogP contribution in [0.15, 0.2) is 24.3 Å². The van der Waals surface area contributed by atoms with Crippen molar-refractivity contribution in [3.05, 3.63) is 41.2 Å². The summed E-state index contributed by atoms with van der Waals surface area (Å²) in [5, 5.41) is 0. The fourth-order valence-electron chi connectivity index (χ4n) is 2.25. The Balaban J connectivity index is 2.80. The number of rotatable bonds is 5. The molecule has 0 aliphatic rings. The molecule has 116 valence electrons. The number of aromatic nitrogens is 1. The summed E-state index contributed by atoms with van der Waals surface area (Å²) < 4.78 is 37.7. The van der Waals surface area contributed by atoms with Gasteiger partial charge in [0.25, 0.3) is 5.91 Å². The van der Waals surface area contributed by atoms with E-state index in [1.165, 1.54) is 0 Å². The van der Waals surface area contributed by atoms with Crippen LogP contribution < -0.4 is 5.73 Å². The minimum absolute atomic E-state index is 0.244. The second-order valence-electron chi connectivity index (χ2n) is 4.85. The summed E-state index contributed by atoms with van der Waals surface area (Å²) in [5.74, 6) is -0.490. The number of hydrogen-bond acceptors (Lipinski definition) is 1. The lowest BCUT2D eigenvalue weighted by Crippen LogP contribution is -2.12. The highest BCUT2D eigenvalue weighted by atomic mass is 19.4. The van der Waals surface area contributed by atoms with Crippen LogP contribution >= 0.6 is 0 Å². The van der Waals surface area contributed by atoms with Crippen LogP contribution in [0.3, 0.4) is 0 Å². The van der Waals surface area contributed by atoms with Crippen molar-refractivity contribution in [2.24, 2.45) is 5.73 Å². The minimum atomic E-state index is -4.26. The van der Waals surface area contributed by atoms with E-state index in [9.17, 15) is 18.0 Å². The van der Waals surface area contributed by atoms with Crippen LogP contribution in [-0.2, 0) is 0 Å². The van der Waals surface area contributed by atoms with Crippen molar-refractivity contribution in [2.45, 2.75) is 39.8 Å². The fraction of sp³-hybridized carbons (Fsp3) is 0.400. The van der Waals surface area contributed by atoms with E-state index >= 15 is 0 Å². The maximum atomic E-state index is 11.9. The zero-order chi connectivity index (χ0) is 16.2. The summed E-state index contributed by atoms with van der Waals surface area (Å²) in [6, 6.07) is 1.71. The molecule has 0 unspecified atom stereocenters. The largest absolute Gasteiger partial charge is 0.409 e. The molecular weight excluding hydrogens is 281 g/mol. The molecule has 0 spiro atoms. The van der Waals surface area contributed by atoms with E-state index < -0.39 is 12.1 Å². The van der Waals surface area contributed by atoms with Crippen molar-refractivity contribution in [3.8, 4) is 0 Å². The Kier molecular flexibility index (Phi) is 5.41. The highest BCUT2D eigenvalue weighted by Gasteiger charge is 2.21. The number of allylic oxidation sites excluding steroid dienone is 4. The summed E-state index contributed by atoms with van der Waals surface area (Å²) in [4.78, 5) is 11.3. The highest BCUT2D eigenvalue weighted by molar-refractivity contribution is 5.94. The minimum Gasteiger partial charge on any atom is -0.366 e. The van der Waals surface area contributed by atoms with E-state index in [-0.39, 0.29) is 6.08 Å². The maximum absolute atomic E-state index is 11.9. The van der Waals surface area contributed by atoms with Crippen LogP contribution in [0, 0.1) is 13.8 Å². The zero-order valence-electron chi connectivity index (χ0n) is 12.3. The standard InChI is InChI=1S/C15H19F3N2O/c1-10(7-5-4-6-8-15(16,17)18)20-11(2)9-13(12(20)3)14(19)21/h6-9H,4-5H2,1-3H3,(H2,19,21)/b8-6+,10-7+. The number of aryl methyl sites for hydroxylation is 1. The molecule has 6 heteroatoms. The van der Waals surface area contributed by atoms with Gasteiger partial charge in [-0.25, -0.2) is 0 Å². The maximum Gasteiger partial charge on any atom is 0.409 e. The Morgan fingerprint density at radius 3 is 2.43 bits per heavy atom. The lowest BCUT2D eigenvalue weighted by Gasteiger charge is -2.10. The number of nitrogens with zero attached hydrogens (tertiary/aromatic N) is 1. The van der Waals surface area contributed by atoms with Gasteiger partial charge in [-0.15, -0.1) is 0 Å². The molecular formula is C15H19F3N2O. The third kappa shape index (κ3) is 4.81. The van der Waals surface area contributed by atoms with Crippen molar-refractivity contribution >= 4 is 11.6 Å². The molecule has 1 amide bonds. The van der Waals surface area contributed by atoms with Gasteiger partial charge in [0.2, 0.25) is 0 Å². The van der Waals surface area contributed by atoms with Crippen molar-refractivity contribution < 1.29 is 18.0 Å². The van der Waals surface area contributed by atoms with Gasteiger partial charge in [-0.1, -0.05) is 12.2 Å². The van der Waals surface area contributed by atoms with E-state index in [0.717, 1.165) is 23.2 Å². The molecule has 1 heterocycles. The number of carbonyl (C=O) groups is 1. The van der Waals surface area contributed by atoms with Gasteiger partial charge in [0.05, 0.1) is 5.56 Å². The average Bonchev–Trinajstić information content (AvgIpc) is 2.63. The second-order valence-corrected chi connectivity index (χ2v) is 4.85. The zero-order valence-corrected chi connectivity index (χ0v) is 12.3. The predicted octanol–water partition coefficient (Wildman–Crippen LogP) is 3.96. The first-order valence-corrected chi connectivity index (χ1v) is 6.54. The van der Waals surface area contributed by atoms with Gasteiger partial charge in [-0.2, -0.15) is 13.2 Å². The first kappa shape index (κ1) is 17.1. The Morgan fingerprint density at radius 1 is 1.33 bits per heavy atom. The smallest absolute Gasteiger partial charge is 0.366 e. The number of primary amides is 1. The van der Waals surface area contributed by atoms with Gasteiger partial charge in [0.15, 0.2) is 0 Å². The lowest BCUT2D eigenvalue weighted by molar-refractivity contribution is -0.0800. The topological polar surface area (TPSA) is 48.0 Å². The number of hydrogen-bond donors (Lipinski definition) is 1. The van der Waals surface area contributed by atoms with Crippen LogP contribution in [0.4, 0.5) is 13.2 Å². The molecule has 0 aromatic carbocycles. The van der Waals surface area contributed by atoms with Crippen LogP contribution in [-0.4, -0.2) is 16.7 Å². The molecule has 1 rings (SSSR count). The number of unbranched alkanes of at least 4 members (excludes halogenated alkanes) is 1. The molecule has 3 nitrogen and oxygen atoms in total. The molecule has 0 saturated carbocycles. The van der Waals surface area contributed by atoms with Crippen LogP contribution in [0.2, 0.25) is 0 Å². The van der Waals surface area contributed by atoms with Gasteiger partial charge in [-0.05, 0) is 39.7 Å². The van der Waals surface area contributed by atoms with Gasteiger partial charge < -0.3 is 10.3 Å². The van der Waals surface area contributed by atoms with Crippen LogP contribution in [0.5, 0.6) is 0 Å². The monoisotopic (exact) mass is 300 g/mol. The molecule has 0 radical (unpaired) electrons. The Hall–Kier alpha value is -1.98. The second kappa shape index (κ2) is 6.65. The Bertz CT molecular complexity index is 580. The van der Waals surface area contributed by atoms with Crippen LogP contribution in [0.25, 0.3) is 5.70 Å². The lowest BCUT2D eigenvalue weighted by atomic mass is 10.2. The quantitative estimate of drug-likeness (QED) is 0.649. The molecule has 0 saturated heterocycles. The highest BCUT2D eigenvalue weighted by Crippen LogP contribution is 2.20. The normalized spacial score (nSPS) is 13.1. The fourth-order valence-corrected chi connectivity index (χ4v) is 2.25.